The molecule has 2 aliphatic rings. The second-order valence-corrected chi connectivity index (χ2v) is 8.94. The molecular weight excluding hydrogens is 436 g/mol. The zero-order valence-corrected chi connectivity index (χ0v) is 19.7. The van der Waals surface area contributed by atoms with Crippen molar-refractivity contribution in [3.8, 4) is 0 Å². The van der Waals surface area contributed by atoms with Crippen LogP contribution in [0.25, 0.3) is 0 Å². The van der Waals surface area contributed by atoms with Crippen LogP contribution in [0.1, 0.15) is 39.9 Å². The molecule has 0 aliphatic carbocycles. The van der Waals surface area contributed by atoms with Gasteiger partial charge in [-0.05, 0) is 25.5 Å². The molecule has 2 aliphatic heterocycles. The van der Waals surface area contributed by atoms with E-state index >= 15 is 0 Å². The number of nitrogens with zero attached hydrogens (tertiary/aromatic N) is 4. The molecule has 0 radical (unpaired) electrons. The molecule has 2 N–H and O–H groups in total. The van der Waals surface area contributed by atoms with Gasteiger partial charge in [0, 0.05) is 39.3 Å². The molecule has 3 amide bonds. The molecule has 1 aromatic carbocycles. The largest absolute Gasteiger partial charge is 0.379 e. The smallest absolute Gasteiger partial charge is 0.272 e. The fourth-order valence-corrected chi connectivity index (χ4v) is 4.23. The molecule has 1 saturated heterocycles. The first-order valence-electron chi connectivity index (χ1n) is 11.6. The average Bonchev–Trinajstić information content (AvgIpc) is 3.29. The van der Waals surface area contributed by atoms with Crippen molar-refractivity contribution in [3.63, 3.8) is 0 Å². The Kier molecular flexibility index (Phi) is 7.28. The summed E-state index contributed by atoms with van der Waals surface area (Å²) in [7, 11) is 1.60. The maximum absolute atomic E-state index is 13.1. The summed E-state index contributed by atoms with van der Waals surface area (Å²) in [6.07, 6.45) is 0.820. The normalized spacial score (nSPS) is 20.6. The summed E-state index contributed by atoms with van der Waals surface area (Å²) >= 11 is 0. The molecule has 3 heterocycles. The molecule has 10 nitrogen and oxygen atoms in total. The van der Waals surface area contributed by atoms with Crippen molar-refractivity contribution in [1.29, 1.82) is 0 Å². The van der Waals surface area contributed by atoms with Crippen LogP contribution < -0.4 is 10.6 Å². The number of amides is 3. The maximum atomic E-state index is 13.1. The molecule has 34 heavy (non-hydrogen) atoms. The van der Waals surface area contributed by atoms with Gasteiger partial charge in [0.25, 0.3) is 11.8 Å². The van der Waals surface area contributed by atoms with Gasteiger partial charge >= 0.3 is 0 Å². The topological polar surface area (TPSA) is 109 Å². The van der Waals surface area contributed by atoms with Crippen LogP contribution in [-0.4, -0.2) is 89.3 Å². The van der Waals surface area contributed by atoms with Crippen molar-refractivity contribution >= 4 is 17.7 Å². The van der Waals surface area contributed by atoms with Gasteiger partial charge in [-0.3, -0.25) is 24.0 Å². The molecule has 1 fully saturated rings. The number of aromatic nitrogens is 2. The van der Waals surface area contributed by atoms with Crippen molar-refractivity contribution in [2.24, 2.45) is 0 Å². The number of morpholine rings is 1. The van der Waals surface area contributed by atoms with Gasteiger partial charge in [0.15, 0.2) is 5.69 Å². The van der Waals surface area contributed by atoms with Crippen LogP contribution in [0.4, 0.5) is 0 Å². The molecule has 10 heteroatoms. The molecule has 0 unspecified atom stereocenters. The Bertz CT molecular complexity index is 1030. The van der Waals surface area contributed by atoms with Crippen LogP contribution in [0, 0.1) is 0 Å². The van der Waals surface area contributed by atoms with Gasteiger partial charge < -0.3 is 20.3 Å². The third-order valence-electron chi connectivity index (χ3n) is 6.56. The van der Waals surface area contributed by atoms with E-state index in [9.17, 15) is 14.4 Å². The van der Waals surface area contributed by atoms with Crippen LogP contribution in [0.2, 0.25) is 0 Å². The van der Waals surface area contributed by atoms with Gasteiger partial charge in [0.1, 0.15) is 11.2 Å². The lowest BCUT2D eigenvalue weighted by Crippen LogP contribution is -2.62. The SMILES string of the molecule is CN1C(=O)c2cc(C(=O)NCCCN3CCOCC3)nn2C[C@]1(C)C(=O)NCc1ccccc1. The highest BCUT2D eigenvalue weighted by Gasteiger charge is 2.46. The van der Waals surface area contributed by atoms with Crippen LogP contribution in [0.15, 0.2) is 36.4 Å². The summed E-state index contributed by atoms with van der Waals surface area (Å²) in [6.45, 7) is 6.97. The minimum Gasteiger partial charge on any atom is -0.379 e. The lowest BCUT2D eigenvalue weighted by atomic mass is 9.96. The third kappa shape index (κ3) is 5.13. The summed E-state index contributed by atoms with van der Waals surface area (Å²) in [4.78, 5) is 42.5. The fourth-order valence-electron chi connectivity index (χ4n) is 4.23. The second kappa shape index (κ2) is 10.4. The molecule has 1 atom stereocenters. The lowest BCUT2D eigenvalue weighted by Gasteiger charge is -2.40. The number of carbonyl (C=O) groups is 3. The van der Waals surface area contributed by atoms with Crippen molar-refractivity contribution < 1.29 is 19.1 Å². The lowest BCUT2D eigenvalue weighted by molar-refractivity contribution is -0.132. The number of fused-ring (bicyclic) bond motifs is 1. The van der Waals surface area contributed by atoms with Crippen molar-refractivity contribution in [1.82, 2.24) is 30.2 Å². The number of hydrogen-bond acceptors (Lipinski definition) is 6. The quantitative estimate of drug-likeness (QED) is 0.546. The van der Waals surface area contributed by atoms with Crippen molar-refractivity contribution in [2.75, 3.05) is 46.4 Å². The predicted molar refractivity (Wildman–Crippen MR) is 125 cm³/mol. The Morgan fingerprint density at radius 2 is 1.88 bits per heavy atom. The van der Waals surface area contributed by atoms with E-state index in [0.29, 0.717) is 18.8 Å². The van der Waals surface area contributed by atoms with E-state index in [1.807, 2.05) is 30.3 Å². The highest BCUT2D eigenvalue weighted by atomic mass is 16.5. The van der Waals surface area contributed by atoms with Crippen LogP contribution >= 0.6 is 0 Å². The minimum atomic E-state index is -1.13. The summed E-state index contributed by atoms with van der Waals surface area (Å²) < 4.78 is 6.81. The van der Waals surface area contributed by atoms with E-state index in [0.717, 1.165) is 44.8 Å². The minimum absolute atomic E-state index is 0.162. The standard InChI is InChI=1S/C24H32N6O4/c1-24(23(33)26-16-18-7-4-3-5-8-18)17-30-20(22(32)28(24)2)15-19(27-30)21(31)25-9-6-10-29-11-13-34-14-12-29/h3-5,7-8,15H,6,9-14,16-17H2,1-2H3,(H,25,31)(H,26,33)/t24-/m1/s1. The number of likely N-dealkylation sites (N-methyl/N-ethyl adjacent to an activating group) is 1. The second-order valence-electron chi connectivity index (χ2n) is 8.94. The third-order valence-corrected chi connectivity index (χ3v) is 6.56. The van der Waals surface area contributed by atoms with E-state index < -0.39 is 5.54 Å². The Labute approximate surface area is 199 Å². The average molecular weight is 469 g/mol. The summed E-state index contributed by atoms with van der Waals surface area (Å²) in [5.41, 5.74) is 0.319. The number of benzene rings is 1. The van der Waals surface area contributed by atoms with E-state index in [4.69, 9.17) is 4.74 Å². The van der Waals surface area contributed by atoms with E-state index in [-0.39, 0.29) is 30.0 Å². The first-order valence-corrected chi connectivity index (χ1v) is 11.6. The van der Waals surface area contributed by atoms with Crippen molar-refractivity contribution in [3.05, 3.63) is 53.3 Å². The van der Waals surface area contributed by atoms with Gasteiger partial charge in [-0.1, -0.05) is 30.3 Å². The number of hydrogen-bond donors (Lipinski definition) is 2. The van der Waals surface area contributed by atoms with Crippen molar-refractivity contribution in [2.45, 2.75) is 32.0 Å². The van der Waals surface area contributed by atoms with Crippen LogP contribution in [0.5, 0.6) is 0 Å². The predicted octanol–water partition coefficient (Wildman–Crippen LogP) is 0.496. The molecule has 0 saturated carbocycles. The molecule has 4 rings (SSSR count). The van der Waals surface area contributed by atoms with E-state index in [1.165, 1.54) is 15.6 Å². The zero-order chi connectivity index (χ0) is 24.1. The van der Waals surface area contributed by atoms with Gasteiger partial charge in [0.05, 0.1) is 19.8 Å². The van der Waals surface area contributed by atoms with Gasteiger partial charge in [-0.2, -0.15) is 5.10 Å². The number of nitrogens with one attached hydrogen (secondary N) is 2. The Balaban J connectivity index is 1.36. The van der Waals surface area contributed by atoms with Crippen LogP contribution in [0.3, 0.4) is 0 Å². The summed E-state index contributed by atoms with van der Waals surface area (Å²) in [5, 5.41) is 10.1. The molecular formula is C24H32N6O4. The number of rotatable bonds is 8. The first kappa shape index (κ1) is 23.9. The number of ether oxygens (including phenoxy) is 1. The summed E-state index contributed by atoms with van der Waals surface area (Å²) in [6, 6.07) is 11.1. The number of carbonyl (C=O) groups excluding carboxylic acids is 3. The first-order chi connectivity index (χ1) is 16.4. The van der Waals surface area contributed by atoms with Gasteiger partial charge in [-0.25, -0.2) is 0 Å². The monoisotopic (exact) mass is 468 g/mol. The molecule has 0 spiro atoms. The molecule has 0 bridgehead atoms. The highest BCUT2D eigenvalue weighted by Crippen LogP contribution is 2.26. The van der Waals surface area contributed by atoms with Gasteiger partial charge in [0.2, 0.25) is 5.91 Å². The Hall–Kier alpha value is -3.24. The maximum Gasteiger partial charge on any atom is 0.272 e. The molecule has 1 aromatic heterocycles. The molecule has 2 aromatic rings. The fraction of sp³-hybridized carbons (Fsp3) is 0.500. The van der Waals surface area contributed by atoms with Crippen LogP contribution in [-0.2, 0) is 22.6 Å². The van der Waals surface area contributed by atoms with Gasteiger partial charge in [-0.15, -0.1) is 0 Å². The summed E-state index contributed by atoms with van der Waals surface area (Å²) in [5.74, 6) is -0.945. The van der Waals surface area contributed by atoms with E-state index in [2.05, 4.69) is 20.6 Å². The van der Waals surface area contributed by atoms with E-state index in [1.54, 1.807) is 14.0 Å². The highest BCUT2D eigenvalue weighted by molar-refractivity contribution is 6.01. The molecule has 182 valence electrons. The Morgan fingerprint density at radius 3 is 2.62 bits per heavy atom. The zero-order valence-electron chi connectivity index (χ0n) is 19.7. The Morgan fingerprint density at radius 1 is 1.15 bits per heavy atom.